The van der Waals surface area contributed by atoms with Crippen molar-refractivity contribution in [1.82, 2.24) is 0 Å². The molecule has 0 rings (SSSR count). The van der Waals surface area contributed by atoms with Gasteiger partial charge in [0, 0.05) is 12.2 Å². The first-order chi connectivity index (χ1) is 5.24. The highest BCUT2D eigenvalue weighted by atomic mass is 32.1. The van der Waals surface area contributed by atoms with Crippen LogP contribution in [0.4, 0.5) is 0 Å². The van der Waals surface area contributed by atoms with Gasteiger partial charge in [-0.3, -0.25) is 4.79 Å². The second-order valence-electron chi connectivity index (χ2n) is 2.17. The average molecular weight is 174 g/mol. The van der Waals surface area contributed by atoms with Crippen molar-refractivity contribution in [1.29, 1.82) is 0 Å². The van der Waals surface area contributed by atoms with Crippen molar-refractivity contribution in [2.24, 2.45) is 5.92 Å². The van der Waals surface area contributed by atoms with Gasteiger partial charge < -0.3 is 9.59 Å². The van der Waals surface area contributed by atoms with E-state index in [0.717, 1.165) is 0 Å². The van der Waals surface area contributed by atoms with Crippen molar-refractivity contribution in [3.05, 3.63) is 0 Å². The molecular formula is C7H10O3S. The zero-order valence-corrected chi connectivity index (χ0v) is 6.92. The second-order valence-corrected chi connectivity index (χ2v) is 2.49. The molecule has 0 aromatic heterocycles. The maximum atomic E-state index is 10.6. The van der Waals surface area contributed by atoms with E-state index in [2.05, 4.69) is 12.6 Å². The van der Waals surface area contributed by atoms with Crippen LogP contribution in [0.2, 0.25) is 0 Å². The molecule has 0 aromatic rings. The molecule has 0 saturated heterocycles. The van der Waals surface area contributed by atoms with Gasteiger partial charge in [-0.25, -0.2) is 0 Å². The molecule has 11 heavy (non-hydrogen) atoms. The minimum Gasteiger partial charge on any atom is -0.303 e. The minimum atomic E-state index is -0.626. The van der Waals surface area contributed by atoms with Gasteiger partial charge in [-0.05, 0) is 6.42 Å². The first kappa shape index (κ1) is 10.4. The number of rotatable bonds is 6. The Morgan fingerprint density at radius 2 is 1.91 bits per heavy atom. The summed E-state index contributed by atoms with van der Waals surface area (Å²) in [5.41, 5.74) is 0. The number of carbonyl (C=O) groups is 3. The van der Waals surface area contributed by atoms with Crippen LogP contribution >= 0.6 is 12.6 Å². The molecule has 0 atom stereocenters. The van der Waals surface area contributed by atoms with E-state index >= 15 is 0 Å². The van der Waals surface area contributed by atoms with Gasteiger partial charge in [0.15, 0.2) is 0 Å². The van der Waals surface area contributed by atoms with E-state index in [4.69, 9.17) is 0 Å². The van der Waals surface area contributed by atoms with E-state index in [9.17, 15) is 14.4 Å². The highest BCUT2D eigenvalue weighted by Crippen LogP contribution is 2.01. The van der Waals surface area contributed by atoms with Crippen LogP contribution < -0.4 is 0 Å². The number of Topliss-reactive ketones (excluding diaryl/α,β-unsaturated/α-hetero) is 1. The molecule has 4 heteroatoms. The van der Waals surface area contributed by atoms with Crippen LogP contribution in [0, 0.1) is 5.92 Å². The van der Waals surface area contributed by atoms with E-state index in [1.807, 2.05) is 0 Å². The Hall–Kier alpha value is -0.640. The third-order valence-electron chi connectivity index (χ3n) is 1.28. The smallest absolute Gasteiger partial charge is 0.142 e. The van der Waals surface area contributed by atoms with Crippen molar-refractivity contribution in [3.8, 4) is 0 Å². The first-order valence-corrected chi connectivity index (χ1v) is 3.91. The fraction of sp³-hybridized carbons (Fsp3) is 0.571. The zero-order valence-electron chi connectivity index (χ0n) is 6.03. The summed E-state index contributed by atoms with van der Waals surface area (Å²) >= 11 is 3.75. The lowest BCUT2D eigenvalue weighted by Gasteiger charge is -1.98. The monoisotopic (exact) mass is 174 g/mol. The van der Waals surface area contributed by atoms with Gasteiger partial charge >= 0.3 is 0 Å². The molecule has 0 fully saturated rings. The lowest BCUT2D eigenvalue weighted by Crippen LogP contribution is -2.07. The molecule has 3 nitrogen and oxygen atoms in total. The molecule has 0 N–H and O–H groups in total. The van der Waals surface area contributed by atoms with Crippen LogP contribution in [0.25, 0.3) is 0 Å². The number of hydrogen-bond acceptors (Lipinski definition) is 4. The standard InChI is InChI=1S/C7H10O3S/c8-3-6(4-9)1-2-7(10)5-11/h3-4,6,11H,1-2,5H2. The Bertz CT molecular complexity index is 148. The molecule has 0 bridgehead atoms. The molecule has 0 aliphatic rings. The van der Waals surface area contributed by atoms with E-state index in [1.165, 1.54) is 0 Å². The van der Waals surface area contributed by atoms with Crippen LogP contribution in [0.15, 0.2) is 0 Å². The summed E-state index contributed by atoms with van der Waals surface area (Å²) < 4.78 is 0. The van der Waals surface area contributed by atoms with E-state index in [-0.39, 0.29) is 18.0 Å². The number of aldehydes is 2. The summed E-state index contributed by atoms with van der Waals surface area (Å²) in [7, 11) is 0. The summed E-state index contributed by atoms with van der Waals surface area (Å²) in [4.78, 5) is 30.8. The predicted octanol–water partition coefficient (Wildman–Crippen LogP) is 0.279. The van der Waals surface area contributed by atoms with Crippen molar-refractivity contribution < 1.29 is 14.4 Å². The van der Waals surface area contributed by atoms with Crippen molar-refractivity contribution in [2.75, 3.05) is 5.75 Å². The Balaban J connectivity index is 3.58. The molecular weight excluding hydrogens is 164 g/mol. The molecule has 0 radical (unpaired) electrons. The Labute approximate surface area is 70.6 Å². The summed E-state index contributed by atoms with van der Waals surface area (Å²) in [5.74, 6) is -0.495. The Morgan fingerprint density at radius 1 is 1.36 bits per heavy atom. The molecule has 0 saturated carbocycles. The van der Waals surface area contributed by atoms with Gasteiger partial charge in [0.25, 0.3) is 0 Å². The van der Waals surface area contributed by atoms with Crippen LogP contribution in [0.1, 0.15) is 12.8 Å². The highest BCUT2D eigenvalue weighted by molar-refractivity contribution is 7.81. The van der Waals surface area contributed by atoms with Gasteiger partial charge in [-0.15, -0.1) is 0 Å². The van der Waals surface area contributed by atoms with Crippen molar-refractivity contribution >= 4 is 31.0 Å². The molecule has 62 valence electrons. The Kier molecular flexibility index (Phi) is 5.74. The van der Waals surface area contributed by atoms with Gasteiger partial charge in [0.1, 0.15) is 18.4 Å². The topological polar surface area (TPSA) is 51.2 Å². The normalized spacial score (nSPS) is 9.64. The number of hydrogen-bond donors (Lipinski definition) is 1. The molecule has 0 spiro atoms. The van der Waals surface area contributed by atoms with E-state index in [1.54, 1.807) is 0 Å². The first-order valence-electron chi connectivity index (χ1n) is 3.27. The third-order valence-corrected chi connectivity index (χ3v) is 1.64. The lowest BCUT2D eigenvalue weighted by atomic mass is 10.1. The van der Waals surface area contributed by atoms with Crippen LogP contribution in [-0.2, 0) is 14.4 Å². The number of carbonyl (C=O) groups excluding carboxylic acids is 3. The predicted molar refractivity (Wildman–Crippen MR) is 43.7 cm³/mol. The van der Waals surface area contributed by atoms with Gasteiger partial charge in [-0.1, -0.05) is 0 Å². The highest BCUT2D eigenvalue weighted by Gasteiger charge is 2.07. The molecule has 0 amide bonds. The summed E-state index contributed by atoms with van der Waals surface area (Å²) in [5, 5.41) is 0. The fourth-order valence-electron chi connectivity index (χ4n) is 0.575. The third kappa shape index (κ3) is 4.72. The zero-order chi connectivity index (χ0) is 8.69. The summed E-state index contributed by atoms with van der Waals surface area (Å²) in [6.07, 6.45) is 1.68. The molecule has 0 aromatic carbocycles. The van der Waals surface area contributed by atoms with Gasteiger partial charge in [0.2, 0.25) is 0 Å². The van der Waals surface area contributed by atoms with Crippen molar-refractivity contribution in [3.63, 3.8) is 0 Å². The number of ketones is 1. The van der Waals surface area contributed by atoms with Gasteiger partial charge in [-0.2, -0.15) is 12.6 Å². The fourth-order valence-corrected chi connectivity index (χ4v) is 0.733. The quantitative estimate of drug-likeness (QED) is 0.357. The maximum absolute atomic E-state index is 10.6. The van der Waals surface area contributed by atoms with Crippen molar-refractivity contribution in [2.45, 2.75) is 12.8 Å². The minimum absolute atomic E-state index is 0.0398. The van der Waals surface area contributed by atoms with E-state index < -0.39 is 5.92 Å². The molecule has 0 heterocycles. The summed E-state index contributed by atoms with van der Waals surface area (Å²) in [6.45, 7) is 0. The molecule has 0 unspecified atom stereocenters. The summed E-state index contributed by atoms with van der Waals surface area (Å²) in [6, 6.07) is 0. The van der Waals surface area contributed by atoms with Crippen LogP contribution in [-0.4, -0.2) is 24.1 Å². The van der Waals surface area contributed by atoms with Gasteiger partial charge in [0.05, 0.1) is 5.92 Å². The second kappa shape index (κ2) is 6.09. The van der Waals surface area contributed by atoms with E-state index in [0.29, 0.717) is 19.0 Å². The lowest BCUT2D eigenvalue weighted by molar-refractivity contribution is -0.120. The Morgan fingerprint density at radius 3 is 2.27 bits per heavy atom. The number of thiol groups is 1. The molecule has 0 aliphatic heterocycles. The van der Waals surface area contributed by atoms with Crippen LogP contribution in [0.5, 0.6) is 0 Å². The molecule has 0 aliphatic carbocycles. The SMILES string of the molecule is O=CC(C=O)CCC(=O)CS. The largest absolute Gasteiger partial charge is 0.303 e. The average Bonchev–Trinajstić information content (AvgIpc) is 2.06. The maximum Gasteiger partial charge on any atom is 0.142 e. The van der Waals surface area contributed by atoms with Crippen LogP contribution in [0.3, 0.4) is 0 Å².